The fourth-order valence-electron chi connectivity index (χ4n) is 3.95. The van der Waals surface area contributed by atoms with Crippen LogP contribution in [0.1, 0.15) is 0 Å². The van der Waals surface area contributed by atoms with Gasteiger partial charge in [-0.15, -0.1) is 0 Å². The third-order valence-electron chi connectivity index (χ3n) is 6.07. The van der Waals surface area contributed by atoms with Crippen molar-refractivity contribution in [1.29, 1.82) is 0 Å². The van der Waals surface area contributed by atoms with Gasteiger partial charge in [-0.1, -0.05) is 0 Å². The zero-order chi connectivity index (χ0) is 25.3. The van der Waals surface area contributed by atoms with Crippen LogP contribution in [0.3, 0.4) is 0 Å². The molecule has 0 aromatic heterocycles. The van der Waals surface area contributed by atoms with Crippen LogP contribution in [0.25, 0.3) is 0 Å². The van der Waals surface area contributed by atoms with Crippen LogP contribution in [0, 0.1) is 0 Å². The second-order valence-corrected chi connectivity index (χ2v) is 8.37. The Bertz CT molecular complexity index is 637. The van der Waals surface area contributed by atoms with Crippen LogP contribution in [0.4, 0.5) is 0 Å². The van der Waals surface area contributed by atoms with Gasteiger partial charge < -0.3 is 79.9 Å². The molecule has 0 amide bonds. The Morgan fingerprint density at radius 2 is 1.03 bits per heavy atom. The van der Waals surface area contributed by atoms with Gasteiger partial charge in [0, 0.05) is 0 Å². The van der Waals surface area contributed by atoms with Crippen molar-refractivity contribution in [2.24, 2.45) is 0 Å². The predicted molar refractivity (Wildman–Crippen MR) is 101 cm³/mol. The second-order valence-electron chi connectivity index (χ2n) is 8.37. The average Bonchev–Trinajstić information content (AvgIpc) is 2.82. The largest absolute Gasteiger partial charge is 0.394 e. The maximum atomic E-state index is 10.3. The number of hydrogen-bond acceptors (Lipinski definition) is 16. The standard InChI is InChI=1S/C18H32O16/c19-1-4-7(21)9(23)13(27)17(32-4)30-3-6-8(22)10(24)14(28)18(33-6)34-15-5(2-20)31-16(29)12(26)11(15)25/h4-29H,1-3H2/t4-,5-,6?,7-,8-,9+,10+,11-,12-,13-,14-,15-,16?,17+,18-/m1/s1. The number of aliphatic hydroxyl groups excluding tert-OH is 11. The summed E-state index contributed by atoms with van der Waals surface area (Å²) in [4.78, 5) is 0. The highest BCUT2D eigenvalue weighted by atomic mass is 16.7. The summed E-state index contributed by atoms with van der Waals surface area (Å²) >= 11 is 0. The third kappa shape index (κ3) is 5.52. The molecule has 0 bridgehead atoms. The molecule has 34 heavy (non-hydrogen) atoms. The lowest BCUT2D eigenvalue weighted by atomic mass is 9.97. The lowest BCUT2D eigenvalue weighted by Gasteiger charge is -2.45. The van der Waals surface area contributed by atoms with E-state index in [-0.39, 0.29) is 0 Å². The molecule has 3 fully saturated rings. The molecule has 200 valence electrons. The molecule has 3 heterocycles. The van der Waals surface area contributed by atoms with Crippen molar-refractivity contribution in [2.75, 3.05) is 19.8 Å². The molecule has 3 aliphatic heterocycles. The van der Waals surface area contributed by atoms with Gasteiger partial charge >= 0.3 is 0 Å². The Balaban J connectivity index is 1.66. The molecule has 3 aliphatic rings. The maximum absolute atomic E-state index is 10.3. The van der Waals surface area contributed by atoms with E-state index in [1.165, 1.54) is 0 Å². The van der Waals surface area contributed by atoms with Gasteiger partial charge in [0.15, 0.2) is 18.9 Å². The molecule has 11 N–H and O–H groups in total. The van der Waals surface area contributed by atoms with Gasteiger partial charge in [-0.25, -0.2) is 0 Å². The summed E-state index contributed by atoms with van der Waals surface area (Å²) in [6.07, 6.45) is -24.9. The highest BCUT2D eigenvalue weighted by Crippen LogP contribution is 2.29. The highest BCUT2D eigenvalue weighted by Gasteiger charge is 2.51. The maximum Gasteiger partial charge on any atom is 0.187 e. The first-order chi connectivity index (χ1) is 16.0. The Labute approximate surface area is 192 Å². The van der Waals surface area contributed by atoms with Crippen molar-refractivity contribution < 1.29 is 79.9 Å². The van der Waals surface area contributed by atoms with Crippen molar-refractivity contribution in [3.63, 3.8) is 0 Å². The molecule has 3 rings (SSSR count). The van der Waals surface area contributed by atoms with E-state index < -0.39 is 112 Å². The van der Waals surface area contributed by atoms with Crippen LogP contribution in [-0.4, -0.2) is 168 Å². The summed E-state index contributed by atoms with van der Waals surface area (Å²) in [6, 6.07) is 0. The topological polar surface area (TPSA) is 269 Å². The Morgan fingerprint density at radius 1 is 0.500 bits per heavy atom. The molecule has 3 saturated heterocycles. The van der Waals surface area contributed by atoms with E-state index in [0.717, 1.165) is 0 Å². The van der Waals surface area contributed by atoms with E-state index in [4.69, 9.17) is 23.7 Å². The third-order valence-corrected chi connectivity index (χ3v) is 6.07. The Morgan fingerprint density at radius 3 is 1.62 bits per heavy atom. The zero-order valence-electron chi connectivity index (χ0n) is 17.7. The molecule has 2 unspecified atom stereocenters. The average molecular weight is 504 g/mol. The van der Waals surface area contributed by atoms with Crippen LogP contribution < -0.4 is 0 Å². The molecule has 0 radical (unpaired) electrons. The molecule has 0 aliphatic carbocycles. The summed E-state index contributed by atoms with van der Waals surface area (Å²) in [5.41, 5.74) is 0. The highest BCUT2D eigenvalue weighted by molar-refractivity contribution is 4.94. The van der Waals surface area contributed by atoms with E-state index in [1.807, 2.05) is 0 Å². The lowest BCUT2D eigenvalue weighted by Crippen LogP contribution is -2.65. The number of ether oxygens (including phenoxy) is 5. The van der Waals surface area contributed by atoms with E-state index in [2.05, 4.69) is 0 Å². The van der Waals surface area contributed by atoms with Gasteiger partial charge in [0.2, 0.25) is 0 Å². The number of hydrogen-bond donors (Lipinski definition) is 11. The molecule has 0 aromatic rings. The van der Waals surface area contributed by atoms with Crippen LogP contribution in [0.15, 0.2) is 0 Å². The Hall–Kier alpha value is -0.640. The van der Waals surface area contributed by atoms with Crippen molar-refractivity contribution in [3.8, 4) is 0 Å². The minimum Gasteiger partial charge on any atom is -0.394 e. The van der Waals surface area contributed by atoms with E-state index in [9.17, 15) is 56.2 Å². The zero-order valence-corrected chi connectivity index (χ0v) is 17.7. The lowest BCUT2D eigenvalue weighted by molar-refractivity contribution is -0.362. The molecule has 0 aromatic carbocycles. The SMILES string of the molecule is OC[C@H]1O[C@H](OCC2O[C@H](O[C@H]3[C@H](O)[C@@H](O)C(O)O[C@@H]3CO)[C@H](O)[C@@H](O)[C@@H]2O)[C@H](O)[C@@H](O)[C@@H]1O. The van der Waals surface area contributed by atoms with Crippen molar-refractivity contribution in [3.05, 3.63) is 0 Å². The molecular weight excluding hydrogens is 472 g/mol. The first kappa shape index (κ1) is 27.9. The van der Waals surface area contributed by atoms with Crippen LogP contribution >= 0.6 is 0 Å². The van der Waals surface area contributed by atoms with Crippen molar-refractivity contribution in [2.45, 2.75) is 92.1 Å². The van der Waals surface area contributed by atoms with Gasteiger partial charge in [0.25, 0.3) is 0 Å². The minimum absolute atomic E-state index is 0.609. The molecule has 15 atom stereocenters. The first-order valence-corrected chi connectivity index (χ1v) is 10.6. The fourth-order valence-corrected chi connectivity index (χ4v) is 3.95. The van der Waals surface area contributed by atoms with Crippen molar-refractivity contribution in [1.82, 2.24) is 0 Å². The van der Waals surface area contributed by atoms with E-state index >= 15 is 0 Å². The summed E-state index contributed by atoms with van der Waals surface area (Å²) in [5.74, 6) is 0. The van der Waals surface area contributed by atoms with Gasteiger partial charge in [0.05, 0.1) is 19.8 Å². The predicted octanol–water partition coefficient (Wildman–Crippen LogP) is -7.57. The van der Waals surface area contributed by atoms with Crippen LogP contribution in [0.5, 0.6) is 0 Å². The summed E-state index contributed by atoms with van der Waals surface area (Å²) < 4.78 is 26.3. The molecule has 0 saturated carbocycles. The van der Waals surface area contributed by atoms with Gasteiger partial charge in [0.1, 0.15) is 73.2 Å². The summed E-state index contributed by atoms with van der Waals surface area (Å²) in [6.45, 7) is -2.07. The fraction of sp³-hybridized carbons (Fsp3) is 1.00. The van der Waals surface area contributed by atoms with Gasteiger partial charge in [-0.2, -0.15) is 0 Å². The minimum atomic E-state index is -1.87. The van der Waals surface area contributed by atoms with Crippen molar-refractivity contribution >= 4 is 0 Å². The van der Waals surface area contributed by atoms with Crippen LogP contribution in [0.2, 0.25) is 0 Å². The Kier molecular flexibility index (Phi) is 9.54. The van der Waals surface area contributed by atoms with Crippen LogP contribution in [-0.2, 0) is 23.7 Å². The number of aliphatic hydroxyl groups is 11. The van der Waals surface area contributed by atoms with E-state index in [0.29, 0.717) is 0 Å². The van der Waals surface area contributed by atoms with E-state index in [1.54, 1.807) is 0 Å². The monoisotopic (exact) mass is 504 g/mol. The summed E-state index contributed by atoms with van der Waals surface area (Å²) in [7, 11) is 0. The molecular formula is C18H32O16. The smallest absolute Gasteiger partial charge is 0.187 e. The molecule has 16 nitrogen and oxygen atoms in total. The number of rotatable bonds is 7. The quantitative estimate of drug-likeness (QED) is 0.154. The molecule has 0 spiro atoms. The second kappa shape index (κ2) is 11.6. The first-order valence-electron chi connectivity index (χ1n) is 10.6. The normalized spacial score (nSPS) is 52.5. The molecule has 16 heteroatoms. The summed E-state index contributed by atoms with van der Waals surface area (Å²) in [5, 5.41) is 109. The van der Waals surface area contributed by atoms with Gasteiger partial charge in [-0.3, -0.25) is 0 Å². The van der Waals surface area contributed by atoms with Gasteiger partial charge in [-0.05, 0) is 0 Å².